The van der Waals surface area contributed by atoms with E-state index in [0.29, 0.717) is 40.8 Å². The standard InChI is InChI=1S/C17H20ClN3O3S/c18-13-9-11(10-19-17(13)23-12-4-6-22-7-5-12)16-20-15(21-24-16)14-3-1-2-8-25-14/h9-10,12,14H,1-8H2. The fourth-order valence-corrected chi connectivity index (χ4v) is 4.45. The molecule has 2 fully saturated rings. The summed E-state index contributed by atoms with van der Waals surface area (Å²) < 4.78 is 16.6. The Bertz CT molecular complexity index is 715. The van der Waals surface area contributed by atoms with Crippen LogP contribution >= 0.6 is 23.4 Å². The van der Waals surface area contributed by atoms with E-state index in [1.165, 1.54) is 12.8 Å². The van der Waals surface area contributed by atoms with Crippen molar-refractivity contribution < 1.29 is 14.0 Å². The predicted octanol–water partition coefficient (Wildman–Crippen LogP) is 4.30. The lowest BCUT2D eigenvalue weighted by Crippen LogP contribution is -2.26. The quantitative estimate of drug-likeness (QED) is 0.781. The van der Waals surface area contributed by atoms with Gasteiger partial charge in [-0.25, -0.2) is 4.98 Å². The molecule has 25 heavy (non-hydrogen) atoms. The van der Waals surface area contributed by atoms with Gasteiger partial charge < -0.3 is 14.0 Å². The molecule has 2 aromatic heterocycles. The summed E-state index contributed by atoms with van der Waals surface area (Å²) >= 11 is 8.23. The minimum atomic E-state index is 0.0999. The van der Waals surface area contributed by atoms with Gasteiger partial charge in [0, 0.05) is 19.0 Å². The third-order valence-electron chi connectivity index (χ3n) is 4.41. The maximum atomic E-state index is 6.34. The number of hydrogen-bond donors (Lipinski definition) is 0. The zero-order valence-corrected chi connectivity index (χ0v) is 15.4. The highest BCUT2D eigenvalue weighted by atomic mass is 35.5. The van der Waals surface area contributed by atoms with Crippen LogP contribution < -0.4 is 4.74 Å². The zero-order valence-electron chi connectivity index (χ0n) is 13.8. The van der Waals surface area contributed by atoms with Gasteiger partial charge in [0.05, 0.1) is 24.0 Å². The molecule has 0 aliphatic carbocycles. The van der Waals surface area contributed by atoms with Gasteiger partial charge in [-0.3, -0.25) is 0 Å². The Hall–Kier alpha value is -1.31. The number of hydrogen-bond acceptors (Lipinski definition) is 7. The van der Waals surface area contributed by atoms with E-state index in [9.17, 15) is 0 Å². The molecule has 0 radical (unpaired) electrons. The van der Waals surface area contributed by atoms with Gasteiger partial charge in [-0.05, 0) is 24.7 Å². The van der Waals surface area contributed by atoms with Crippen LogP contribution in [0.15, 0.2) is 16.8 Å². The Morgan fingerprint density at radius 1 is 1.20 bits per heavy atom. The number of aromatic nitrogens is 3. The summed E-state index contributed by atoms with van der Waals surface area (Å²) in [7, 11) is 0. The van der Waals surface area contributed by atoms with Crippen molar-refractivity contribution in [1.82, 2.24) is 15.1 Å². The molecule has 0 amide bonds. The fourth-order valence-electron chi connectivity index (χ4n) is 3.01. The molecule has 2 aliphatic heterocycles. The van der Waals surface area contributed by atoms with Crippen molar-refractivity contribution in [2.24, 2.45) is 0 Å². The number of rotatable bonds is 4. The number of pyridine rings is 1. The van der Waals surface area contributed by atoms with Crippen molar-refractivity contribution >= 4 is 23.4 Å². The van der Waals surface area contributed by atoms with Crippen molar-refractivity contribution in [3.63, 3.8) is 0 Å². The molecule has 1 unspecified atom stereocenters. The Morgan fingerprint density at radius 3 is 2.84 bits per heavy atom. The normalized spacial score (nSPS) is 22.0. The maximum Gasteiger partial charge on any atom is 0.259 e. The van der Waals surface area contributed by atoms with Gasteiger partial charge in [0.25, 0.3) is 5.89 Å². The van der Waals surface area contributed by atoms with E-state index in [-0.39, 0.29) is 6.10 Å². The second-order valence-electron chi connectivity index (χ2n) is 6.25. The number of ether oxygens (including phenoxy) is 2. The average Bonchev–Trinajstić information content (AvgIpc) is 3.15. The fraction of sp³-hybridized carbons (Fsp3) is 0.588. The third kappa shape index (κ3) is 4.10. The topological polar surface area (TPSA) is 70.3 Å². The highest BCUT2D eigenvalue weighted by Crippen LogP contribution is 2.37. The Labute approximate surface area is 155 Å². The Balaban J connectivity index is 1.47. The second-order valence-corrected chi connectivity index (χ2v) is 7.97. The van der Waals surface area contributed by atoms with E-state index in [0.717, 1.165) is 30.8 Å². The van der Waals surface area contributed by atoms with E-state index in [1.807, 2.05) is 11.8 Å². The van der Waals surface area contributed by atoms with E-state index < -0.39 is 0 Å². The smallest absolute Gasteiger partial charge is 0.259 e. The van der Waals surface area contributed by atoms with Gasteiger partial charge in [0.1, 0.15) is 11.1 Å². The number of halogens is 1. The van der Waals surface area contributed by atoms with Gasteiger partial charge in [-0.2, -0.15) is 16.7 Å². The summed E-state index contributed by atoms with van der Waals surface area (Å²) in [4.78, 5) is 8.88. The highest BCUT2D eigenvalue weighted by molar-refractivity contribution is 7.99. The van der Waals surface area contributed by atoms with Crippen LogP contribution in [-0.2, 0) is 4.74 Å². The molecule has 0 saturated carbocycles. The molecule has 134 valence electrons. The summed E-state index contributed by atoms with van der Waals surface area (Å²) in [6.07, 6.45) is 7.06. The van der Waals surface area contributed by atoms with Crippen LogP contribution in [0.3, 0.4) is 0 Å². The van der Waals surface area contributed by atoms with E-state index >= 15 is 0 Å². The lowest BCUT2D eigenvalue weighted by molar-refractivity contribution is 0.0238. The first-order valence-electron chi connectivity index (χ1n) is 8.65. The average molecular weight is 382 g/mol. The first kappa shape index (κ1) is 17.1. The van der Waals surface area contributed by atoms with Crippen LogP contribution in [0.1, 0.15) is 43.2 Å². The zero-order chi connectivity index (χ0) is 17.1. The minimum absolute atomic E-state index is 0.0999. The largest absolute Gasteiger partial charge is 0.473 e. The van der Waals surface area contributed by atoms with Crippen molar-refractivity contribution in [3.8, 4) is 17.3 Å². The molecule has 1 atom stereocenters. The van der Waals surface area contributed by atoms with Gasteiger partial charge in [0.15, 0.2) is 5.82 Å². The van der Waals surface area contributed by atoms with E-state index in [2.05, 4.69) is 15.1 Å². The van der Waals surface area contributed by atoms with Crippen LogP contribution in [0, 0.1) is 0 Å². The van der Waals surface area contributed by atoms with Crippen molar-refractivity contribution in [3.05, 3.63) is 23.1 Å². The van der Waals surface area contributed by atoms with Crippen molar-refractivity contribution in [2.75, 3.05) is 19.0 Å². The molecule has 0 N–H and O–H groups in total. The van der Waals surface area contributed by atoms with Gasteiger partial charge in [-0.1, -0.05) is 23.2 Å². The molecule has 6 nitrogen and oxygen atoms in total. The molecule has 4 heterocycles. The summed E-state index contributed by atoms with van der Waals surface area (Å²) in [5.41, 5.74) is 0.712. The Morgan fingerprint density at radius 2 is 2.08 bits per heavy atom. The number of nitrogens with zero attached hydrogens (tertiary/aromatic N) is 3. The minimum Gasteiger partial charge on any atom is -0.473 e. The van der Waals surface area contributed by atoms with Crippen LogP contribution in [0.25, 0.3) is 11.5 Å². The highest BCUT2D eigenvalue weighted by Gasteiger charge is 2.23. The maximum absolute atomic E-state index is 6.34. The molecular formula is C17H20ClN3O3S. The van der Waals surface area contributed by atoms with Crippen LogP contribution in [0.4, 0.5) is 0 Å². The van der Waals surface area contributed by atoms with Crippen LogP contribution in [0.2, 0.25) is 5.02 Å². The van der Waals surface area contributed by atoms with E-state index in [4.69, 9.17) is 25.6 Å². The molecule has 2 saturated heterocycles. The molecule has 4 rings (SSSR count). The molecule has 8 heteroatoms. The van der Waals surface area contributed by atoms with Crippen LogP contribution in [-0.4, -0.2) is 40.2 Å². The van der Waals surface area contributed by atoms with Gasteiger partial charge in [0.2, 0.25) is 5.88 Å². The van der Waals surface area contributed by atoms with E-state index in [1.54, 1.807) is 12.3 Å². The Kier molecular flexibility index (Phi) is 5.43. The molecular weight excluding hydrogens is 362 g/mol. The lowest BCUT2D eigenvalue weighted by atomic mass is 10.1. The van der Waals surface area contributed by atoms with Gasteiger partial charge >= 0.3 is 0 Å². The monoisotopic (exact) mass is 381 g/mol. The van der Waals surface area contributed by atoms with Crippen molar-refractivity contribution in [2.45, 2.75) is 43.5 Å². The summed E-state index contributed by atoms with van der Waals surface area (Å²) in [6, 6.07) is 1.77. The number of thioether (sulfide) groups is 1. The summed E-state index contributed by atoms with van der Waals surface area (Å²) in [5.74, 6) is 2.81. The van der Waals surface area contributed by atoms with Crippen LogP contribution in [0.5, 0.6) is 5.88 Å². The first-order chi connectivity index (χ1) is 12.3. The molecule has 2 aliphatic rings. The van der Waals surface area contributed by atoms with Gasteiger partial charge in [-0.15, -0.1) is 0 Å². The SMILES string of the molecule is Clc1cc(-c2nc(C3CCCCS3)no2)cnc1OC1CCOCC1. The molecule has 0 aromatic carbocycles. The lowest BCUT2D eigenvalue weighted by Gasteiger charge is -2.23. The predicted molar refractivity (Wildman–Crippen MR) is 96.1 cm³/mol. The second kappa shape index (κ2) is 7.93. The molecule has 2 aromatic rings. The third-order valence-corrected chi connectivity index (χ3v) is 6.05. The molecule has 0 bridgehead atoms. The summed E-state index contributed by atoms with van der Waals surface area (Å²) in [5, 5.41) is 4.92. The summed E-state index contributed by atoms with van der Waals surface area (Å²) in [6.45, 7) is 1.43. The van der Waals surface area contributed by atoms with Crippen molar-refractivity contribution in [1.29, 1.82) is 0 Å². The first-order valence-corrected chi connectivity index (χ1v) is 10.1. The molecule has 0 spiro atoms.